The Morgan fingerprint density at radius 3 is 1.45 bits per heavy atom. The molecule has 10 radical (unpaired) electrons. The molecule has 0 spiro atoms. The molecule has 22 heteroatoms. The zero-order valence-electron chi connectivity index (χ0n) is 34.9. The summed E-state index contributed by atoms with van der Waals surface area (Å²) in [5, 5.41) is 8.21. The fourth-order valence-electron chi connectivity index (χ4n) is 6.28. The van der Waals surface area contributed by atoms with Gasteiger partial charge in [-0.05, 0) is 57.8 Å². The van der Waals surface area contributed by atoms with Gasteiger partial charge in [-0.15, -0.1) is 5.10 Å². The van der Waals surface area contributed by atoms with E-state index in [1.54, 1.807) is 10.9 Å². The van der Waals surface area contributed by atoms with E-state index in [0.717, 1.165) is 54.4 Å². The van der Waals surface area contributed by atoms with E-state index in [-0.39, 0.29) is 23.7 Å². The van der Waals surface area contributed by atoms with Crippen molar-refractivity contribution in [2.24, 2.45) is 0 Å². The molecule has 0 N–H and O–H groups in total. The Labute approximate surface area is 370 Å². The van der Waals surface area contributed by atoms with Crippen molar-refractivity contribution < 1.29 is 103 Å². The van der Waals surface area contributed by atoms with Crippen molar-refractivity contribution in [1.82, 2.24) is 15.0 Å². The topological polar surface area (TPSA) is 252 Å². The Hall–Kier alpha value is -4.21. The van der Waals surface area contributed by atoms with Crippen LogP contribution in [0.3, 0.4) is 0 Å². The van der Waals surface area contributed by atoms with Crippen LogP contribution in [0.15, 0.2) is 6.20 Å². The number of nitrogens with zero attached hydrogens (tertiary/aromatic N) is 3. The van der Waals surface area contributed by atoms with Crippen LogP contribution in [0, 0.1) is 63.7 Å². The maximum atomic E-state index is 12.6. The van der Waals surface area contributed by atoms with E-state index in [2.05, 4.69) is 10.3 Å². The molecule has 2 saturated carbocycles. The summed E-state index contributed by atoms with van der Waals surface area (Å²) in [4.78, 5) is 86.0. The minimum absolute atomic E-state index is 0. The predicted molar refractivity (Wildman–Crippen MR) is 200 cm³/mol. The molecular formula is C40H49FeN3O18. The summed E-state index contributed by atoms with van der Waals surface area (Å²) in [5.74, 6) is -4.94. The standard InChI is InChI=1S/C35H44N3O18.C5H5.Fe/c1-17(39)46-15-26-28(49-19(3)41)30(50-20(4)42)33(53-23(7)45)35(55-26)56-29-27(16-47-18(2)40)54-34(32(52-22(6)44)31(29)51-21(5)43)48-14-25-13-38(37-36-25)12-24-10-8-9-11-24;1-2-4-5-3-1;/h8-11,13,26-35H,12,14-16H2,1-7H3;1-5H;/t26-,27-,28+,29-,30+,31+,32-,33-,34-,35+;;/m1../s1. The molecule has 62 heavy (non-hydrogen) atoms. The fraction of sp³-hybridized carbons (Fsp3) is 0.525. The number of esters is 7. The molecule has 0 aromatic carbocycles. The van der Waals surface area contributed by atoms with Gasteiger partial charge in [-0.25, -0.2) is 0 Å². The first kappa shape index (κ1) is 52.1. The molecule has 2 aliphatic carbocycles. The van der Waals surface area contributed by atoms with E-state index in [0.29, 0.717) is 12.2 Å². The predicted octanol–water partition coefficient (Wildman–Crippen LogP) is 0.839. The first-order valence-electron chi connectivity index (χ1n) is 19.0. The van der Waals surface area contributed by atoms with Crippen LogP contribution >= 0.6 is 0 Å². The van der Waals surface area contributed by atoms with E-state index in [1.807, 2.05) is 57.8 Å². The molecule has 0 unspecified atom stereocenters. The quantitative estimate of drug-likeness (QED) is 0.127. The maximum absolute atomic E-state index is 12.6. The molecule has 21 nitrogen and oxygen atoms in total. The molecule has 0 bridgehead atoms. The number of carbonyl (C=O) groups is 7. The summed E-state index contributed by atoms with van der Waals surface area (Å²) >= 11 is 0. The number of aromatic nitrogens is 3. The minimum Gasteiger partial charge on any atom is -0.463 e. The van der Waals surface area contributed by atoms with Gasteiger partial charge in [0.25, 0.3) is 0 Å². The Balaban J connectivity index is 0.00000159. The molecule has 1 aromatic rings. The molecule has 340 valence electrons. The van der Waals surface area contributed by atoms with Gasteiger partial charge >= 0.3 is 41.8 Å². The van der Waals surface area contributed by atoms with Crippen LogP contribution < -0.4 is 0 Å². The van der Waals surface area contributed by atoms with Crippen molar-refractivity contribution in [2.75, 3.05) is 13.2 Å². The van der Waals surface area contributed by atoms with Crippen molar-refractivity contribution >= 4 is 41.8 Å². The van der Waals surface area contributed by atoms with E-state index >= 15 is 0 Å². The Morgan fingerprint density at radius 1 is 0.548 bits per heavy atom. The fourth-order valence-corrected chi connectivity index (χ4v) is 6.28. The number of carbonyl (C=O) groups excluding carboxylic acids is 7. The van der Waals surface area contributed by atoms with Gasteiger partial charge in [0.15, 0.2) is 43.1 Å². The van der Waals surface area contributed by atoms with Crippen LogP contribution in [-0.2, 0) is 116 Å². The van der Waals surface area contributed by atoms with Gasteiger partial charge in [-0.3, -0.25) is 38.2 Å². The van der Waals surface area contributed by atoms with Crippen molar-refractivity contribution in [3.8, 4) is 0 Å². The second-order valence-corrected chi connectivity index (χ2v) is 13.6. The molecular weight excluding hydrogens is 866 g/mol. The third kappa shape index (κ3) is 16.8. The second-order valence-electron chi connectivity index (χ2n) is 13.6. The summed E-state index contributed by atoms with van der Waals surface area (Å²) in [6.07, 6.45) is 3.42. The van der Waals surface area contributed by atoms with Gasteiger partial charge < -0.3 is 52.1 Å². The van der Waals surface area contributed by atoms with E-state index in [1.165, 1.54) is 0 Å². The van der Waals surface area contributed by atoms with E-state index < -0.39 is 116 Å². The molecule has 2 saturated heterocycles. The van der Waals surface area contributed by atoms with Gasteiger partial charge in [0.2, 0.25) is 0 Å². The monoisotopic (exact) mass is 915 g/mol. The largest absolute Gasteiger partial charge is 0.463 e. The molecule has 2 aliphatic heterocycles. The number of ether oxygens (including phenoxy) is 11. The van der Waals surface area contributed by atoms with Crippen LogP contribution in [0.25, 0.3) is 0 Å². The van der Waals surface area contributed by atoms with Gasteiger partial charge in [0.05, 0.1) is 12.8 Å². The summed E-state index contributed by atoms with van der Waals surface area (Å²) in [6, 6.07) is 0. The smallest absolute Gasteiger partial charge is 0.303 e. The van der Waals surface area contributed by atoms with Gasteiger partial charge in [0.1, 0.15) is 37.2 Å². The number of hydrogen-bond acceptors (Lipinski definition) is 20. The number of rotatable bonds is 16. The molecule has 5 rings (SSSR count). The van der Waals surface area contributed by atoms with Crippen LogP contribution in [0.2, 0.25) is 0 Å². The normalized spacial score (nSPS) is 28.2. The second kappa shape index (κ2) is 25.8. The average Bonchev–Trinajstić information content (AvgIpc) is 3.99. The van der Waals surface area contributed by atoms with Crippen molar-refractivity contribution in [1.29, 1.82) is 0 Å². The van der Waals surface area contributed by atoms with Crippen LogP contribution in [0.4, 0.5) is 0 Å². The number of hydrogen-bond donors (Lipinski definition) is 0. The Kier molecular flexibility index (Phi) is 21.7. The first-order valence-corrected chi connectivity index (χ1v) is 19.0. The Bertz CT molecular complexity index is 1640. The minimum atomic E-state index is -1.81. The Morgan fingerprint density at radius 2 is 0.968 bits per heavy atom. The average molecular weight is 916 g/mol. The summed E-state index contributed by atoms with van der Waals surface area (Å²) in [6.45, 7) is 6.53. The zero-order chi connectivity index (χ0) is 44.6. The molecule has 10 atom stereocenters. The van der Waals surface area contributed by atoms with Gasteiger partial charge in [0, 0.05) is 78.0 Å². The van der Waals surface area contributed by atoms with Crippen molar-refractivity contribution in [3.05, 3.63) is 75.6 Å². The van der Waals surface area contributed by atoms with Crippen LogP contribution in [-0.4, -0.2) is 131 Å². The van der Waals surface area contributed by atoms with Crippen molar-refractivity contribution in [2.45, 2.75) is 123 Å². The maximum Gasteiger partial charge on any atom is 0.303 e. The van der Waals surface area contributed by atoms with Crippen LogP contribution in [0.1, 0.15) is 54.2 Å². The summed E-state index contributed by atoms with van der Waals surface area (Å²) < 4.78 is 64.2. The molecule has 1 aromatic heterocycles. The third-order valence-electron chi connectivity index (χ3n) is 8.50. The zero-order valence-corrected chi connectivity index (χ0v) is 36.0. The third-order valence-corrected chi connectivity index (χ3v) is 8.50. The van der Waals surface area contributed by atoms with Gasteiger partial charge in [-0.1, -0.05) is 5.21 Å². The molecule has 3 heterocycles. The van der Waals surface area contributed by atoms with Gasteiger partial charge in [-0.2, -0.15) is 0 Å². The van der Waals surface area contributed by atoms with Crippen molar-refractivity contribution in [3.63, 3.8) is 0 Å². The first-order chi connectivity index (χ1) is 29.0. The van der Waals surface area contributed by atoms with E-state index in [4.69, 9.17) is 52.1 Å². The molecule has 0 amide bonds. The summed E-state index contributed by atoms with van der Waals surface area (Å²) in [5.41, 5.74) is 0.346. The molecule has 4 fully saturated rings. The van der Waals surface area contributed by atoms with E-state index in [9.17, 15) is 33.6 Å². The van der Waals surface area contributed by atoms with Crippen LogP contribution in [0.5, 0.6) is 0 Å². The summed E-state index contributed by atoms with van der Waals surface area (Å²) in [7, 11) is 0. The molecule has 4 aliphatic rings. The SMILES string of the molecule is CC(=O)OC[C@H]1O[C@@H](O[C@H]2[C@H](OC(C)=O)[C@@H](OC(C)=O)[C@H](OCc3cn(C[C]4[CH][CH][CH][CH]4)nn3)O[C@@H]2COC(C)=O)[C@H](OC(C)=O)[C@@H](OC(C)=O)[C@H]1OC(C)=O.[CH]1[CH][CH][CH][CH]1.[Fe].